The fourth-order valence-electron chi connectivity index (χ4n) is 2.61. The zero-order valence-electron chi connectivity index (χ0n) is 11.7. The molecule has 0 radical (unpaired) electrons. The summed E-state index contributed by atoms with van der Waals surface area (Å²) in [4.78, 5) is 8.55. The Bertz CT molecular complexity index is 595. The Kier molecular flexibility index (Phi) is 4.36. The molecule has 1 fully saturated rings. The van der Waals surface area contributed by atoms with E-state index in [4.69, 9.17) is 11.6 Å². The van der Waals surface area contributed by atoms with Gasteiger partial charge in [-0.2, -0.15) is 0 Å². The molecule has 2 heterocycles. The Balaban J connectivity index is 1.58. The Morgan fingerprint density at radius 3 is 2.48 bits per heavy atom. The summed E-state index contributed by atoms with van der Waals surface area (Å²) in [7, 11) is 0. The fourth-order valence-corrected chi connectivity index (χ4v) is 2.73. The van der Waals surface area contributed by atoms with Crippen LogP contribution in [0.3, 0.4) is 0 Å². The van der Waals surface area contributed by atoms with E-state index in [1.807, 2.05) is 30.5 Å². The first-order valence-electron chi connectivity index (χ1n) is 7.04. The van der Waals surface area contributed by atoms with Crippen LogP contribution in [-0.4, -0.2) is 36.1 Å². The zero-order valence-corrected chi connectivity index (χ0v) is 12.4. The van der Waals surface area contributed by atoms with Gasteiger partial charge >= 0.3 is 0 Å². The van der Waals surface area contributed by atoms with Crippen LogP contribution in [0.25, 0.3) is 0 Å². The maximum absolute atomic E-state index is 13.8. The fraction of sp³-hybridized carbons (Fsp3) is 0.312. The summed E-state index contributed by atoms with van der Waals surface area (Å²) < 4.78 is 13.8. The highest BCUT2D eigenvalue weighted by atomic mass is 35.5. The predicted molar refractivity (Wildman–Crippen MR) is 83.1 cm³/mol. The van der Waals surface area contributed by atoms with Gasteiger partial charge in [-0.1, -0.05) is 29.8 Å². The summed E-state index contributed by atoms with van der Waals surface area (Å²) in [6.45, 7) is 4.35. The van der Waals surface area contributed by atoms with Gasteiger partial charge < -0.3 is 4.90 Å². The van der Waals surface area contributed by atoms with E-state index in [2.05, 4.69) is 14.8 Å². The van der Waals surface area contributed by atoms with Crippen LogP contribution in [0.1, 0.15) is 5.56 Å². The van der Waals surface area contributed by atoms with Gasteiger partial charge in [-0.25, -0.2) is 9.37 Å². The molecular formula is C16H17ClFN3. The van der Waals surface area contributed by atoms with Gasteiger partial charge in [0.1, 0.15) is 11.0 Å². The van der Waals surface area contributed by atoms with Gasteiger partial charge in [0.2, 0.25) is 0 Å². The first kappa shape index (κ1) is 14.3. The van der Waals surface area contributed by atoms with Crippen LogP contribution in [0.4, 0.5) is 10.1 Å². The highest BCUT2D eigenvalue weighted by Crippen LogP contribution is 2.20. The summed E-state index contributed by atoms with van der Waals surface area (Å²) in [6.07, 6.45) is 1.81. The summed E-state index contributed by atoms with van der Waals surface area (Å²) in [5.74, 6) is -0.146. The second kappa shape index (κ2) is 6.41. The van der Waals surface area contributed by atoms with Crippen LogP contribution in [0.2, 0.25) is 5.15 Å². The Morgan fingerprint density at radius 1 is 1.05 bits per heavy atom. The SMILES string of the molecule is Fc1ccccc1N1CCN(Cc2ccc(Cl)nc2)CC1. The summed E-state index contributed by atoms with van der Waals surface area (Å²) in [6, 6.07) is 10.8. The van der Waals surface area contributed by atoms with Crippen LogP contribution in [0, 0.1) is 5.82 Å². The molecule has 1 aliphatic rings. The second-order valence-electron chi connectivity index (χ2n) is 5.20. The second-order valence-corrected chi connectivity index (χ2v) is 5.59. The average molecular weight is 306 g/mol. The monoisotopic (exact) mass is 305 g/mol. The number of halogens is 2. The number of aromatic nitrogens is 1. The number of nitrogens with zero attached hydrogens (tertiary/aromatic N) is 3. The molecule has 2 aromatic rings. The molecular weight excluding hydrogens is 289 g/mol. The van der Waals surface area contributed by atoms with E-state index >= 15 is 0 Å². The van der Waals surface area contributed by atoms with E-state index in [1.165, 1.54) is 6.07 Å². The summed E-state index contributed by atoms with van der Waals surface area (Å²) in [5, 5.41) is 0.517. The van der Waals surface area contributed by atoms with Crippen molar-refractivity contribution in [2.24, 2.45) is 0 Å². The van der Waals surface area contributed by atoms with Crippen molar-refractivity contribution < 1.29 is 4.39 Å². The Morgan fingerprint density at radius 2 is 1.81 bits per heavy atom. The smallest absolute Gasteiger partial charge is 0.146 e. The molecule has 0 amide bonds. The summed E-state index contributed by atoms with van der Waals surface area (Å²) in [5.41, 5.74) is 1.85. The number of benzene rings is 1. The third-order valence-corrected chi connectivity index (χ3v) is 3.98. The molecule has 5 heteroatoms. The van der Waals surface area contributed by atoms with Crippen molar-refractivity contribution in [1.29, 1.82) is 0 Å². The molecule has 0 bridgehead atoms. The van der Waals surface area contributed by atoms with E-state index in [0.717, 1.165) is 38.3 Å². The van der Waals surface area contributed by atoms with Gasteiger partial charge in [-0.05, 0) is 23.8 Å². The van der Waals surface area contributed by atoms with Gasteiger partial charge in [0.25, 0.3) is 0 Å². The van der Waals surface area contributed by atoms with Gasteiger partial charge in [0.05, 0.1) is 5.69 Å². The third-order valence-electron chi connectivity index (χ3n) is 3.76. The minimum atomic E-state index is -0.146. The lowest BCUT2D eigenvalue weighted by molar-refractivity contribution is 0.249. The quantitative estimate of drug-likeness (QED) is 0.812. The molecule has 3 rings (SSSR count). The first-order valence-corrected chi connectivity index (χ1v) is 7.42. The van der Waals surface area contributed by atoms with Crippen LogP contribution in [0.15, 0.2) is 42.6 Å². The van der Waals surface area contributed by atoms with Crippen molar-refractivity contribution in [2.45, 2.75) is 6.54 Å². The van der Waals surface area contributed by atoms with Crippen molar-refractivity contribution in [2.75, 3.05) is 31.1 Å². The molecule has 0 atom stereocenters. The number of hydrogen-bond donors (Lipinski definition) is 0. The van der Waals surface area contributed by atoms with E-state index in [0.29, 0.717) is 10.8 Å². The normalized spacial score (nSPS) is 16.2. The largest absolute Gasteiger partial charge is 0.367 e. The number of anilines is 1. The summed E-state index contributed by atoms with van der Waals surface area (Å²) >= 11 is 5.79. The zero-order chi connectivity index (χ0) is 14.7. The highest BCUT2D eigenvalue weighted by Gasteiger charge is 2.19. The number of hydrogen-bond acceptors (Lipinski definition) is 3. The van der Waals surface area contributed by atoms with Gasteiger partial charge in [0, 0.05) is 38.9 Å². The Hall–Kier alpha value is -1.65. The third kappa shape index (κ3) is 3.52. The minimum absolute atomic E-state index is 0.146. The maximum atomic E-state index is 13.8. The van der Waals surface area contributed by atoms with Crippen LogP contribution < -0.4 is 4.90 Å². The van der Waals surface area contributed by atoms with Gasteiger partial charge in [0.15, 0.2) is 0 Å². The van der Waals surface area contributed by atoms with Crippen molar-refractivity contribution in [3.63, 3.8) is 0 Å². The topological polar surface area (TPSA) is 19.4 Å². The van der Waals surface area contributed by atoms with E-state index < -0.39 is 0 Å². The van der Waals surface area contributed by atoms with Crippen LogP contribution in [0.5, 0.6) is 0 Å². The predicted octanol–water partition coefficient (Wildman–Crippen LogP) is 3.20. The highest BCUT2D eigenvalue weighted by molar-refractivity contribution is 6.29. The molecule has 1 saturated heterocycles. The lowest BCUT2D eigenvalue weighted by atomic mass is 10.2. The Labute approximate surface area is 129 Å². The van der Waals surface area contributed by atoms with E-state index in [-0.39, 0.29) is 5.82 Å². The lowest BCUT2D eigenvalue weighted by Crippen LogP contribution is -2.46. The maximum Gasteiger partial charge on any atom is 0.146 e. The first-order chi connectivity index (χ1) is 10.2. The number of pyridine rings is 1. The van der Waals surface area contributed by atoms with Crippen molar-refractivity contribution in [1.82, 2.24) is 9.88 Å². The van der Waals surface area contributed by atoms with Crippen LogP contribution >= 0.6 is 11.6 Å². The molecule has 0 N–H and O–H groups in total. The number of piperazine rings is 1. The van der Waals surface area contributed by atoms with E-state index in [9.17, 15) is 4.39 Å². The molecule has 0 spiro atoms. The molecule has 0 aliphatic carbocycles. The number of para-hydroxylation sites is 1. The molecule has 0 unspecified atom stereocenters. The molecule has 3 nitrogen and oxygen atoms in total. The van der Waals surface area contributed by atoms with Gasteiger partial charge in [-0.15, -0.1) is 0 Å². The van der Waals surface area contributed by atoms with Crippen LogP contribution in [-0.2, 0) is 6.54 Å². The molecule has 1 aromatic heterocycles. The van der Waals surface area contributed by atoms with Crippen molar-refractivity contribution in [3.05, 3.63) is 59.1 Å². The van der Waals surface area contributed by atoms with Crippen molar-refractivity contribution in [3.8, 4) is 0 Å². The molecule has 1 aliphatic heterocycles. The van der Waals surface area contributed by atoms with Gasteiger partial charge in [-0.3, -0.25) is 4.90 Å². The molecule has 21 heavy (non-hydrogen) atoms. The lowest BCUT2D eigenvalue weighted by Gasteiger charge is -2.36. The number of rotatable bonds is 3. The molecule has 0 saturated carbocycles. The molecule has 110 valence electrons. The van der Waals surface area contributed by atoms with E-state index in [1.54, 1.807) is 6.07 Å². The minimum Gasteiger partial charge on any atom is -0.367 e. The van der Waals surface area contributed by atoms with Crippen molar-refractivity contribution >= 4 is 17.3 Å². The average Bonchev–Trinajstić information content (AvgIpc) is 2.51. The standard InChI is InChI=1S/C16H17ClFN3/c17-16-6-5-13(11-19-16)12-20-7-9-21(10-8-20)15-4-2-1-3-14(15)18/h1-6,11H,7-10,12H2. The molecule has 1 aromatic carbocycles.